The van der Waals surface area contributed by atoms with Crippen molar-refractivity contribution in [1.82, 2.24) is 20.5 Å². The average Bonchev–Trinajstić information content (AvgIpc) is 3.13. The zero-order valence-electron chi connectivity index (χ0n) is 17.7. The Hall–Kier alpha value is -3.16. The van der Waals surface area contributed by atoms with Gasteiger partial charge >= 0.3 is 0 Å². The quantitative estimate of drug-likeness (QED) is 0.245. The van der Waals surface area contributed by atoms with E-state index in [2.05, 4.69) is 33.3 Å². The summed E-state index contributed by atoms with van der Waals surface area (Å²) in [6, 6.07) is 5.95. The number of guanidine groups is 1. The maximum atomic E-state index is 11.7. The van der Waals surface area contributed by atoms with Gasteiger partial charge in [0.2, 0.25) is 5.91 Å². The van der Waals surface area contributed by atoms with E-state index in [1.807, 2.05) is 12.1 Å². The van der Waals surface area contributed by atoms with E-state index in [1.54, 1.807) is 34.4 Å². The van der Waals surface area contributed by atoms with Crippen molar-refractivity contribution < 1.29 is 14.3 Å². The fourth-order valence-electron chi connectivity index (χ4n) is 2.78. The summed E-state index contributed by atoms with van der Waals surface area (Å²) >= 11 is 0. The number of likely N-dealkylation sites (N-methyl/N-ethyl adjacent to an activating group) is 1. The van der Waals surface area contributed by atoms with Crippen LogP contribution in [0.2, 0.25) is 0 Å². The lowest BCUT2D eigenvalue weighted by Crippen LogP contribution is -2.39. The molecule has 0 saturated carbocycles. The minimum Gasteiger partial charge on any atom is -0.497 e. The summed E-state index contributed by atoms with van der Waals surface area (Å²) in [5, 5.41) is 7.41. The van der Waals surface area contributed by atoms with Gasteiger partial charge in [0.05, 0.1) is 19.7 Å². The first-order valence-corrected chi connectivity index (χ1v) is 9.55. The Morgan fingerprint density at radius 1 is 1.24 bits per heavy atom. The SMILES string of the molecule is C=CCNC(=NCC(=O)N(C)C)NCCCc1cc2c(OC)cc(OC)cc2[nH]1. The number of carbonyl (C=O) groups is 1. The van der Waals surface area contributed by atoms with Gasteiger partial charge in [-0.2, -0.15) is 0 Å². The predicted molar refractivity (Wildman–Crippen MR) is 117 cm³/mol. The Kier molecular flexibility index (Phi) is 8.39. The molecule has 1 amide bonds. The maximum absolute atomic E-state index is 11.7. The highest BCUT2D eigenvalue weighted by molar-refractivity contribution is 5.88. The van der Waals surface area contributed by atoms with E-state index >= 15 is 0 Å². The summed E-state index contributed by atoms with van der Waals surface area (Å²) in [5.41, 5.74) is 2.11. The number of aromatic nitrogens is 1. The van der Waals surface area contributed by atoms with Gasteiger partial charge in [0, 0.05) is 50.4 Å². The second-order valence-corrected chi connectivity index (χ2v) is 6.74. The number of nitrogens with one attached hydrogen (secondary N) is 3. The summed E-state index contributed by atoms with van der Waals surface area (Å²) in [6.07, 6.45) is 3.50. The second-order valence-electron chi connectivity index (χ2n) is 6.74. The normalized spacial score (nSPS) is 11.2. The van der Waals surface area contributed by atoms with Crippen molar-refractivity contribution in [2.75, 3.05) is 47.9 Å². The molecule has 1 heterocycles. The van der Waals surface area contributed by atoms with Crippen molar-refractivity contribution in [3.8, 4) is 11.5 Å². The lowest BCUT2D eigenvalue weighted by Gasteiger charge is -2.12. The number of aliphatic imine (C=N–C) groups is 1. The topological polar surface area (TPSA) is 91.0 Å². The lowest BCUT2D eigenvalue weighted by molar-refractivity contribution is -0.127. The van der Waals surface area contributed by atoms with Crippen LogP contribution in [0.4, 0.5) is 0 Å². The lowest BCUT2D eigenvalue weighted by atomic mass is 10.2. The number of H-pyrrole nitrogens is 1. The van der Waals surface area contributed by atoms with Crippen molar-refractivity contribution in [2.24, 2.45) is 4.99 Å². The summed E-state index contributed by atoms with van der Waals surface area (Å²) in [5.74, 6) is 2.09. The van der Waals surface area contributed by atoms with Crippen LogP contribution in [0.25, 0.3) is 10.9 Å². The molecular weight excluding hydrogens is 370 g/mol. The molecule has 0 saturated heterocycles. The molecule has 3 N–H and O–H groups in total. The maximum Gasteiger partial charge on any atom is 0.243 e. The van der Waals surface area contributed by atoms with E-state index in [0.29, 0.717) is 12.5 Å². The third kappa shape index (κ3) is 6.44. The molecular formula is C21H31N5O3. The number of carbonyl (C=O) groups excluding carboxylic acids is 1. The molecule has 8 nitrogen and oxygen atoms in total. The van der Waals surface area contributed by atoms with Crippen LogP contribution in [0, 0.1) is 0 Å². The van der Waals surface area contributed by atoms with Gasteiger partial charge in [-0.05, 0) is 18.9 Å². The van der Waals surface area contributed by atoms with Crippen LogP contribution in [-0.4, -0.2) is 69.7 Å². The molecule has 2 aromatic rings. The number of amides is 1. The monoisotopic (exact) mass is 401 g/mol. The Bertz CT molecular complexity index is 857. The van der Waals surface area contributed by atoms with Gasteiger partial charge in [0.1, 0.15) is 18.0 Å². The average molecular weight is 402 g/mol. The molecule has 0 aliphatic rings. The summed E-state index contributed by atoms with van der Waals surface area (Å²) in [6.45, 7) is 5.09. The number of hydrogen-bond donors (Lipinski definition) is 3. The Morgan fingerprint density at radius 3 is 2.69 bits per heavy atom. The third-order valence-corrected chi connectivity index (χ3v) is 4.39. The van der Waals surface area contributed by atoms with Gasteiger partial charge in [-0.15, -0.1) is 6.58 Å². The number of benzene rings is 1. The van der Waals surface area contributed by atoms with Gasteiger partial charge in [-0.3, -0.25) is 4.79 Å². The van der Waals surface area contributed by atoms with Crippen molar-refractivity contribution in [3.63, 3.8) is 0 Å². The molecule has 0 unspecified atom stereocenters. The first kappa shape index (κ1) is 22.1. The highest BCUT2D eigenvalue weighted by Gasteiger charge is 2.09. The number of hydrogen-bond acceptors (Lipinski definition) is 4. The second kappa shape index (κ2) is 11.0. The molecule has 0 bridgehead atoms. The zero-order chi connectivity index (χ0) is 21.2. The number of aryl methyl sites for hydroxylation is 1. The molecule has 2 rings (SSSR count). The molecule has 0 atom stereocenters. The molecule has 0 radical (unpaired) electrons. The molecule has 0 fully saturated rings. The Morgan fingerprint density at radius 2 is 2.03 bits per heavy atom. The fraction of sp³-hybridized carbons (Fsp3) is 0.429. The van der Waals surface area contributed by atoms with E-state index in [9.17, 15) is 4.79 Å². The predicted octanol–water partition coefficient (Wildman–Crippen LogP) is 1.93. The van der Waals surface area contributed by atoms with Crippen LogP contribution >= 0.6 is 0 Å². The van der Waals surface area contributed by atoms with Crippen LogP contribution < -0.4 is 20.1 Å². The number of rotatable bonds is 10. The van der Waals surface area contributed by atoms with Gasteiger partial charge in [0.25, 0.3) is 0 Å². The summed E-state index contributed by atoms with van der Waals surface area (Å²) in [4.78, 5) is 21.0. The van der Waals surface area contributed by atoms with Gasteiger partial charge in [-0.1, -0.05) is 6.08 Å². The first-order chi connectivity index (χ1) is 14.0. The van der Waals surface area contributed by atoms with Gasteiger partial charge < -0.3 is 30.0 Å². The first-order valence-electron chi connectivity index (χ1n) is 9.55. The summed E-state index contributed by atoms with van der Waals surface area (Å²) in [7, 11) is 6.73. The molecule has 0 aliphatic heterocycles. The van der Waals surface area contributed by atoms with Crippen LogP contribution in [0.15, 0.2) is 35.8 Å². The van der Waals surface area contributed by atoms with Crippen LogP contribution in [-0.2, 0) is 11.2 Å². The summed E-state index contributed by atoms with van der Waals surface area (Å²) < 4.78 is 10.8. The van der Waals surface area contributed by atoms with Crippen LogP contribution in [0.3, 0.4) is 0 Å². The van der Waals surface area contributed by atoms with Crippen LogP contribution in [0.1, 0.15) is 12.1 Å². The van der Waals surface area contributed by atoms with E-state index < -0.39 is 0 Å². The highest BCUT2D eigenvalue weighted by Crippen LogP contribution is 2.31. The van der Waals surface area contributed by atoms with Crippen molar-refractivity contribution >= 4 is 22.8 Å². The number of aromatic amines is 1. The van der Waals surface area contributed by atoms with Crippen molar-refractivity contribution in [2.45, 2.75) is 12.8 Å². The van der Waals surface area contributed by atoms with E-state index in [-0.39, 0.29) is 12.5 Å². The molecule has 29 heavy (non-hydrogen) atoms. The molecule has 1 aromatic heterocycles. The van der Waals surface area contributed by atoms with Gasteiger partial charge in [0.15, 0.2) is 5.96 Å². The number of fused-ring (bicyclic) bond motifs is 1. The minimum atomic E-state index is -0.0489. The number of methoxy groups -OCH3 is 2. The van der Waals surface area contributed by atoms with E-state index in [1.165, 1.54) is 4.90 Å². The molecule has 0 spiro atoms. The standard InChI is InChI=1S/C21H31N5O3/c1-6-9-22-21(24-14-20(27)26(2)3)23-10-7-8-15-11-17-18(25-15)12-16(28-4)13-19(17)29-5/h6,11-13,25H,1,7-10,14H2,2-5H3,(H2,22,23,24). The highest BCUT2D eigenvalue weighted by atomic mass is 16.5. The van der Waals surface area contributed by atoms with E-state index in [4.69, 9.17) is 9.47 Å². The minimum absolute atomic E-state index is 0.0489. The molecule has 158 valence electrons. The zero-order valence-corrected chi connectivity index (χ0v) is 17.7. The Labute approximate surface area is 172 Å². The molecule has 8 heteroatoms. The largest absolute Gasteiger partial charge is 0.497 e. The Balaban J connectivity index is 1.94. The fourth-order valence-corrected chi connectivity index (χ4v) is 2.78. The van der Waals surface area contributed by atoms with E-state index in [0.717, 1.165) is 47.5 Å². The number of ether oxygens (including phenoxy) is 2. The van der Waals surface area contributed by atoms with Crippen molar-refractivity contribution in [1.29, 1.82) is 0 Å². The van der Waals surface area contributed by atoms with Crippen molar-refractivity contribution in [3.05, 3.63) is 36.5 Å². The third-order valence-electron chi connectivity index (χ3n) is 4.39. The molecule has 1 aromatic carbocycles. The number of nitrogens with zero attached hydrogens (tertiary/aromatic N) is 2. The van der Waals surface area contributed by atoms with Gasteiger partial charge in [-0.25, -0.2) is 4.99 Å². The molecule has 0 aliphatic carbocycles. The smallest absolute Gasteiger partial charge is 0.243 e. The van der Waals surface area contributed by atoms with Crippen LogP contribution in [0.5, 0.6) is 11.5 Å².